The van der Waals surface area contributed by atoms with Crippen molar-refractivity contribution >= 4 is 39.0 Å². The van der Waals surface area contributed by atoms with Gasteiger partial charge in [0.2, 0.25) is 0 Å². The summed E-state index contributed by atoms with van der Waals surface area (Å²) in [6.07, 6.45) is 6.59. The van der Waals surface area contributed by atoms with Crippen LogP contribution in [0.15, 0.2) is 6.33 Å². The zero-order chi connectivity index (χ0) is 14.1. The number of rotatable bonds is 5. The van der Waals surface area contributed by atoms with E-state index in [4.69, 9.17) is 11.6 Å². The molecule has 3 nitrogen and oxygen atoms in total. The maximum atomic E-state index is 5.90. The van der Waals surface area contributed by atoms with Crippen LogP contribution in [0.4, 0.5) is 5.82 Å². The summed E-state index contributed by atoms with van der Waals surface area (Å²) in [6, 6.07) is 0.635. The van der Waals surface area contributed by atoms with Gasteiger partial charge in [0, 0.05) is 23.3 Å². The van der Waals surface area contributed by atoms with Gasteiger partial charge in [0.25, 0.3) is 0 Å². The smallest absolute Gasteiger partial charge is 0.141 e. The molecule has 2 heterocycles. The Kier molecular flexibility index (Phi) is 4.13. The Bertz CT molecular complexity index is 606. The molecule has 0 unspecified atom stereocenters. The van der Waals surface area contributed by atoms with Crippen molar-refractivity contribution in [2.45, 2.75) is 45.6 Å². The molecule has 0 N–H and O–H groups in total. The molecular weight excluding hydrogens is 290 g/mol. The van der Waals surface area contributed by atoms with E-state index in [-0.39, 0.29) is 0 Å². The monoisotopic (exact) mass is 309 g/mol. The SMILES string of the molecule is Cc1sc2ncnc(N(CCCCl)C3CCC3)c2c1C. The van der Waals surface area contributed by atoms with Crippen molar-refractivity contribution in [3.63, 3.8) is 0 Å². The number of nitrogens with zero attached hydrogens (tertiary/aromatic N) is 3. The molecule has 0 bridgehead atoms. The molecule has 2 aromatic rings. The molecule has 0 radical (unpaired) electrons. The van der Waals surface area contributed by atoms with Gasteiger partial charge < -0.3 is 4.90 Å². The molecule has 1 saturated carbocycles. The highest BCUT2D eigenvalue weighted by Crippen LogP contribution is 2.37. The first kappa shape index (κ1) is 14.1. The maximum absolute atomic E-state index is 5.90. The lowest BCUT2D eigenvalue weighted by Crippen LogP contribution is -2.41. The molecule has 0 aromatic carbocycles. The number of fused-ring (bicyclic) bond motifs is 1. The zero-order valence-corrected chi connectivity index (χ0v) is 13.6. The van der Waals surface area contributed by atoms with Gasteiger partial charge in [-0.3, -0.25) is 0 Å². The Morgan fingerprint density at radius 1 is 1.35 bits per heavy atom. The van der Waals surface area contributed by atoms with Crippen molar-refractivity contribution in [3.05, 3.63) is 16.8 Å². The third-order valence-electron chi connectivity index (χ3n) is 4.27. The first-order chi connectivity index (χ1) is 9.72. The van der Waals surface area contributed by atoms with E-state index in [1.165, 1.54) is 35.1 Å². The summed E-state index contributed by atoms with van der Waals surface area (Å²) in [5.74, 6) is 1.82. The first-order valence-electron chi connectivity index (χ1n) is 7.25. The summed E-state index contributed by atoms with van der Waals surface area (Å²) in [4.78, 5) is 14.0. The van der Waals surface area contributed by atoms with Gasteiger partial charge in [-0.15, -0.1) is 22.9 Å². The normalized spacial score (nSPS) is 15.6. The molecular formula is C15H20ClN3S. The van der Waals surface area contributed by atoms with Gasteiger partial charge in [-0.2, -0.15) is 0 Å². The molecule has 3 rings (SSSR count). The molecule has 1 aliphatic carbocycles. The molecule has 20 heavy (non-hydrogen) atoms. The van der Waals surface area contributed by atoms with Crippen molar-refractivity contribution in [1.29, 1.82) is 0 Å². The average molecular weight is 310 g/mol. The predicted molar refractivity (Wildman–Crippen MR) is 87.2 cm³/mol. The van der Waals surface area contributed by atoms with E-state index in [1.54, 1.807) is 17.7 Å². The Balaban J connectivity index is 2.05. The van der Waals surface area contributed by atoms with Crippen LogP contribution in [-0.2, 0) is 0 Å². The van der Waals surface area contributed by atoms with Crippen molar-refractivity contribution in [3.8, 4) is 0 Å². The standard InChI is InChI=1S/C15H20ClN3S/c1-10-11(2)20-15-13(10)14(17-9-18-15)19(8-4-7-16)12-5-3-6-12/h9,12H,3-8H2,1-2H3. The van der Waals surface area contributed by atoms with Crippen LogP contribution in [-0.4, -0.2) is 28.4 Å². The molecule has 0 amide bonds. The minimum atomic E-state index is 0.635. The van der Waals surface area contributed by atoms with Crippen molar-refractivity contribution < 1.29 is 0 Å². The van der Waals surface area contributed by atoms with Crippen LogP contribution in [0, 0.1) is 13.8 Å². The topological polar surface area (TPSA) is 29.0 Å². The Morgan fingerprint density at radius 3 is 2.80 bits per heavy atom. The van der Waals surface area contributed by atoms with Crippen molar-refractivity contribution in [2.24, 2.45) is 0 Å². The fraction of sp³-hybridized carbons (Fsp3) is 0.600. The second kappa shape index (κ2) is 5.86. The highest BCUT2D eigenvalue weighted by Gasteiger charge is 2.28. The Hall–Kier alpha value is -0.870. The first-order valence-corrected chi connectivity index (χ1v) is 8.60. The summed E-state index contributed by atoms with van der Waals surface area (Å²) in [6.45, 7) is 5.34. The lowest BCUT2D eigenvalue weighted by molar-refractivity contribution is 0.384. The average Bonchev–Trinajstić information content (AvgIpc) is 2.68. The van der Waals surface area contributed by atoms with Gasteiger partial charge >= 0.3 is 0 Å². The number of alkyl halides is 1. The van der Waals surface area contributed by atoms with Gasteiger partial charge in [0.05, 0.1) is 5.39 Å². The lowest BCUT2D eigenvalue weighted by Gasteiger charge is -2.38. The minimum absolute atomic E-state index is 0.635. The molecule has 0 atom stereocenters. The van der Waals surface area contributed by atoms with Gasteiger partial charge in [-0.1, -0.05) is 0 Å². The Labute approximate surface area is 129 Å². The number of aryl methyl sites for hydroxylation is 2. The van der Waals surface area contributed by atoms with Crippen LogP contribution in [0.2, 0.25) is 0 Å². The van der Waals surface area contributed by atoms with E-state index < -0.39 is 0 Å². The molecule has 5 heteroatoms. The van der Waals surface area contributed by atoms with Crippen LogP contribution in [0.25, 0.3) is 10.2 Å². The minimum Gasteiger partial charge on any atom is -0.353 e. The molecule has 108 valence electrons. The zero-order valence-electron chi connectivity index (χ0n) is 12.0. The van der Waals surface area contributed by atoms with E-state index in [1.807, 2.05) is 0 Å². The quantitative estimate of drug-likeness (QED) is 0.771. The van der Waals surface area contributed by atoms with E-state index in [0.29, 0.717) is 11.9 Å². The number of hydrogen-bond acceptors (Lipinski definition) is 4. The lowest BCUT2D eigenvalue weighted by atomic mass is 9.91. The van der Waals surface area contributed by atoms with Gasteiger partial charge in [-0.25, -0.2) is 9.97 Å². The van der Waals surface area contributed by atoms with Crippen LogP contribution in [0.1, 0.15) is 36.1 Å². The summed E-state index contributed by atoms with van der Waals surface area (Å²) in [5.41, 5.74) is 1.33. The predicted octanol–water partition coefficient (Wildman–Crippen LogP) is 4.30. The van der Waals surface area contributed by atoms with Gasteiger partial charge in [0.1, 0.15) is 17.0 Å². The van der Waals surface area contributed by atoms with Crippen molar-refractivity contribution in [1.82, 2.24) is 9.97 Å². The summed E-state index contributed by atoms with van der Waals surface area (Å²) in [7, 11) is 0. The summed E-state index contributed by atoms with van der Waals surface area (Å²) >= 11 is 7.66. The van der Waals surface area contributed by atoms with E-state index >= 15 is 0 Å². The summed E-state index contributed by atoms with van der Waals surface area (Å²) in [5, 5.41) is 1.25. The molecule has 0 aliphatic heterocycles. The fourth-order valence-corrected chi connectivity index (χ4v) is 3.88. The molecule has 0 saturated heterocycles. The fourth-order valence-electron chi connectivity index (χ4n) is 2.77. The second-order valence-electron chi connectivity index (χ2n) is 5.48. The number of halogens is 1. The maximum Gasteiger partial charge on any atom is 0.141 e. The van der Waals surface area contributed by atoms with E-state index in [0.717, 1.165) is 23.6 Å². The van der Waals surface area contributed by atoms with Crippen molar-refractivity contribution in [2.75, 3.05) is 17.3 Å². The number of aromatic nitrogens is 2. The Morgan fingerprint density at radius 2 is 2.15 bits per heavy atom. The molecule has 1 aliphatic rings. The molecule has 0 spiro atoms. The van der Waals surface area contributed by atoms with Crippen LogP contribution >= 0.6 is 22.9 Å². The van der Waals surface area contributed by atoms with Gasteiger partial charge in [-0.05, 0) is 45.1 Å². The number of thiophene rings is 1. The number of hydrogen-bond donors (Lipinski definition) is 0. The van der Waals surface area contributed by atoms with Gasteiger partial charge in [0.15, 0.2) is 0 Å². The summed E-state index contributed by atoms with van der Waals surface area (Å²) < 4.78 is 0. The van der Waals surface area contributed by atoms with E-state index in [2.05, 4.69) is 28.7 Å². The third-order valence-corrected chi connectivity index (χ3v) is 5.65. The molecule has 2 aromatic heterocycles. The number of anilines is 1. The highest BCUT2D eigenvalue weighted by atomic mass is 35.5. The van der Waals surface area contributed by atoms with Crippen LogP contribution < -0.4 is 4.90 Å². The van der Waals surface area contributed by atoms with E-state index in [9.17, 15) is 0 Å². The second-order valence-corrected chi connectivity index (χ2v) is 7.06. The third kappa shape index (κ3) is 2.40. The van der Waals surface area contributed by atoms with Crippen LogP contribution in [0.5, 0.6) is 0 Å². The largest absolute Gasteiger partial charge is 0.353 e. The highest BCUT2D eigenvalue weighted by molar-refractivity contribution is 7.18. The molecule has 1 fully saturated rings. The van der Waals surface area contributed by atoms with Crippen LogP contribution in [0.3, 0.4) is 0 Å².